The number of rotatable bonds is 4. The largest absolute Gasteiger partial charge is 0.481 e. The number of carboxylic acids is 1. The number of amides is 2. The minimum absolute atomic E-state index is 0.0256. The van der Waals surface area contributed by atoms with Crippen LogP contribution >= 0.6 is 0 Å². The summed E-state index contributed by atoms with van der Waals surface area (Å²) in [6.45, 7) is 7.45. The molecule has 2 aliphatic rings. The van der Waals surface area contributed by atoms with Crippen LogP contribution < -0.4 is 5.32 Å². The van der Waals surface area contributed by atoms with Crippen LogP contribution in [0.25, 0.3) is 0 Å². The zero-order valence-electron chi connectivity index (χ0n) is 16.2. The summed E-state index contributed by atoms with van der Waals surface area (Å²) >= 11 is 0. The molecule has 1 heterocycles. The standard InChI is InChI=1S/C21H28N2O4/c1-20(2,3)15-6-4-14(5-7-15)18(25)22-13-17(24)23-10-8-21(9-11-23)12-16(21)19(26)27/h4-7,16H,8-13H2,1-3H3,(H,22,25)(H,26,27). The van der Waals surface area contributed by atoms with Gasteiger partial charge in [-0.15, -0.1) is 0 Å². The quantitative estimate of drug-likeness (QED) is 0.850. The molecular weight excluding hydrogens is 344 g/mol. The minimum atomic E-state index is -0.723. The maximum absolute atomic E-state index is 12.4. The van der Waals surface area contributed by atoms with Crippen molar-refractivity contribution in [1.29, 1.82) is 0 Å². The van der Waals surface area contributed by atoms with Gasteiger partial charge in [0.25, 0.3) is 5.91 Å². The van der Waals surface area contributed by atoms with Gasteiger partial charge in [0.1, 0.15) is 0 Å². The van der Waals surface area contributed by atoms with E-state index in [4.69, 9.17) is 5.11 Å². The molecule has 27 heavy (non-hydrogen) atoms. The Labute approximate surface area is 159 Å². The lowest BCUT2D eigenvalue weighted by atomic mass is 9.87. The van der Waals surface area contributed by atoms with E-state index in [-0.39, 0.29) is 35.1 Å². The summed E-state index contributed by atoms with van der Waals surface area (Å²) in [5, 5.41) is 11.8. The molecule has 1 unspecified atom stereocenters. The lowest BCUT2D eigenvalue weighted by Crippen LogP contribution is -2.45. The van der Waals surface area contributed by atoms with Gasteiger partial charge in [0, 0.05) is 18.7 Å². The summed E-state index contributed by atoms with van der Waals surface area (Å²) in [5.41, 5.74) is 1.62. The maximum atomic E-state index is 12.4. The van der Waals surface area contributed by atoms with Gasteiger partial charge >= 0.3 is 5.97 Å². The lowest BCUT2D eigenvalue weighted by molar-refractivity contribution is -0.139. The number of carbonyl (C=O) groups excluding carboxylic acids is 2. The molecule has 2 N–H and O–H groups in total. The Hall–Kier alpha value is -2.37. The van der Waals surface area contributed by atoms with E-state index < -0.39 is 5.97 Å². The third kappa shape index (κ3) is 4.15. The second-order valence-corrected chi connectivity index (χ2v) is 8.85. The predicted molar refractivity (Wildman–Crippen MR) is 101 cm³/mol. The fourth-order valence-corrected chi connectivity index (χ4v) is 3.94. The van der Waals surface area contributed by atoms with Crippen molar-refractivity contribution in [1.82, 2.24) is 10.2 Å². The molecule has 2 fully saturated rings. The van der Waals surface area contributed by atoms with E-state index >= 15 is 0 Å². The third-order valence-corrected chi connectivity index (χ3v) is 6.01. The van der Waals surface area contributed by atoms with Gasteiger partial charge in [-0.2, -0.15) is 0 Å². The molecule has 0 aromatic heterocycles. The maximum Gasteiger partial charge on any atom is 0.307 e. The summed E-state index contributed by atoms with van der Waals surface area (Å²) < 4.78 is 0. The first-order chi connectivity index (χ1) is 12.6. The van der Waals surface area contributed by atoms with Gasteiger partial charge in [-0.25, -0.2) is 0 Å². The molecule has 1 aliphatic heterocycles. The predicted octanol–water partition coefficient (Wildman–Crippen LogP) is 2.43. The number of nitrogens with one attached hydrogen (secondary N) is 1. The Kier molecular flexibility index (Phi) is 5.02. The van der Waals surface area contributed by atoms with E-state index in [1.165, 1.54) is 0 Å². The van der Waals surface area contributed by atoms with Crippen molar-refractivity contribution in [3.05, 3.63) is 35.4 Å². The van der Waals surface area contributed by atoms with Gasteiger partial charge in [-0.3, -0.25) is 14.4 Å². The number of likely N-dealkylation sites (tertiary alicyclic amines) is 1. The van der Waals surface area contributed by atoms with Crippen LogP contribution in [0.3, 0.4) is 0 Å². The molecule has 1 atom stereocenters. The first-order valence-corrected chi connectivity index (χ1v) is 9.52. The smallest absolute Gasteiger partial charge is 0.307 e. The number of benzene rings is 1. The van der Waals surface area contributed by atoms with Crippen LogP contribution in [0.1, 0.15) is 56.0 Å². The number of nitrogens with zero attached hydrogens (tertiary/aromatic N) is 1. The van der Waals surface area contributed by atoms with Crippen LogP contribution in [0.5, 0.6) is 0 Å². The number of hydrogen-bond donors (Lipinski definition) is 2. The highest BCUT2D eigenvalue weighted by atomic mass is 16.4. The van der Waals surface area contributed by atoms with Crippen LogP contribution in [-0.2, 0) is 15.0 Å². The molecular formula is C21H28N2O4. The Bertz CT molecular complexity index is 740. The summed E-state index contributed by atoms with van der Waals surface area (Å²) in [6, 6.07) is 7.44. The monoisotopic (exact) mass is 372 g/mol. The van der Waals surface area contributed by atoms with Crippen molar-refractivity contribution in [3.63, 3.8) is 0 Å². The van der Waals surface area contributed by atoms with E-state index in [0.29, 0.717) is 18.7 Å². The fourth-order valence-electron chi connectivity index (χ4n) is 3.94. The zero-order valence-corrected chi connectivity index (χ0v) is 16.2. The number of carboxylic acid groups (broad SMARTS) is 1. The average molecular weight is 372 g/mol. The number of piperidine rings is 1. The molecule has 146 valence electrons. The lowest BCUT2D eigenvalue weighted by Gasteiger charge is -2.32. The van der Waals surface area contributed by atoms with E-state index in [1.54, 1.807) is 17.0 Å². The van der Waals surface area contributed by atoms with Crippen LogP contribution in [0.15, 0.2) is 24.3 Å². The van der Waals surface area contributed by atoms with Gasteiger partial charge in [0.05, 0.1) is 12.5 Å². The molecule has 1 aliphatic carbocycles. The molecule has 1 aromatic carbocycles. The van der Waals surface area contributed by atoms with Crippen molar-refractivity contribution in [3.8, 4) is 0 Å². The highest BCUT2D eigenvalue weighted by Crippen LogP contribution is 2.59. The number of carbonyl (C=O) groups is 3. The van der Waals surface area contributed by atoms with E-state index in [0.717, 1.165) is 24.8 Å². The van der Waals surface area contributed by atoms with Gasteiger partial charge in [0.15, 0.2) is 0 Å². The minimum Gasteiger partial charge on any atom is -0.481 e. The number of aliphatic carboxylic acids is 1. The summed E-state index contributed by atoms with van der Waals surface area (Å²) in [5.74, 6) is -1.34. The van der Waals surface area contributed by atoms with Gasteiger partial charge in [0.2, 0.25) is 5.91 Å². The highest BCUT2D eigenvalue weighted by Gasteiger charge is 2.59. The average Bonchev–Trinajstić information content (AvgIpc) is 3.33. The van der Waals surface area contributed by atoms with Crippen LogP contribution in [0, 0.1) is 11.3 Å². The molecule has 1 spiro atoms. The van der Waals surface area contributed by atoms with Gasteiger partial charge in [-0.1, -0.05) is 32.9 Å². The Balaban J connectivity index is 1.47. The first-order valence-electron chi connectivity index (χ1n) is 9.52. The summed E-state index contributed by atoms with van der Waals surface area (Å²) in [4.78, 5) is 37.5. The van der Waals surface area contributed by atoms with Crippen LogP contribution in [0.4, 0.5) is 0 Å². The second-order valence-electron chi connectivity index (χ2n) is 8.85. The Morgan fingerprint density at radius 3 is 2.22 bits per heavy atom. The normalized spacial score (nSPS) is 21.0. The molecule has 2 amide bonds. The van der Waals surface area contributed by atoms with E-state index in [1.807, 2.05) is 12.1 Å². The molecule has 0 bridgehead atoms. The third-order valence-electron chi connectivity index (χ3n) is 6.01. The van der Waals surface area contributed by atoms with Crippen molar-refractivity contribution in [2.45, 2.75) is 45.4 Å². The van der Waals surface area contributed by atoms with Crippen LogP contribution in [0.2, 0.25) is 0 Å². The first kappa shape index (κ1) is 19.4. The van der Waals surface area contributed by atoms with Crippen molar-refractivity contribution < 1.29 is 19.5 Å². The molecule has 0 radical (unpaired) electrons. The molecule has 3 rings (SSSR count). The number of hydrogen-bond acceptors (Lipinski definition) is 3. The Morgan fingerprint density at radius 2 is 1.74 bits per heavy atom. The summed E-state index contributed by atoms with van der Waals surface area (Å²) in [7, 11) is 0. The van der Waals surface area contributed by atoms with Gasteiger partial charge in [-0.05, 0) is 47.8 Å². The summed E-state index contributed by atoms with van der Waals surface area (Å²) in [6.07, 6.45) is 2.20. The molecule has 1 saturated heterocycles. The molecule has 1 aromatic rings. The zero-order chi connectivity index (χ0) is 19.8. The fraction of sp³-hybridized carbons (Fsp3) is 0.571. The van der Waals surface area contributed by atoms with Crippen molar-refractivity contribution >= 4 is 17.8 Å². The van der Waals surface area contributed by atoms with Gasteiger partial charge < -0.3 is 15.3 Å². The van der Waals surface area contributed by atoms with Crippen LogP contribution in [-0.4, -0.2) is 47.4 Å². The highest BCUT2D eigenvalue weighted by molar-refractivity contribution is 5.96. The van der Waals surface area contributed by atoms with E-state index in [9.17, 15) is 14.4 Å². The SMILES string of the molecule is CC(C)(C)c1ccc(C(=O)NCC(=O)N2CCC3(CC2)CC3C(=O)O)cc1. The van der Waals surface area contributed by atoms with Crippen molar-refractivity contribution in [2.75, 3.05) is 19.6 Å². The molecule has 1 saturated carbocycles. The van der Waals surface area contributed by atoms with Crippen molar-refractivity contribution in [2.24, 2.45) is 11.3 Å². The topological polar surface area (TPSA) is 86.7 Å². The molecule has 6 heteroatoms. The second kappa shape index (κ2) is 6.98. The Morgan fingerprint density at radius 1 is 1.15 bits per heavy atom. The van der Waals surface area contributed by atoms with E-state index in [2.05, 4.69) is 26.1 Å². The molecule has 6 nitrogen and oxygen atoms in total.